The lowest BCUT2D eigenvalue weighted by atomic mass is 9.70. The van der Waals surface area contributed by atoms with E-state index in [4.69, 9.17) is 9.84 Å². The van der Waals surface area contributed by atoms with Crippen LogP contribution in [-0.2, 0) is 27.3 Å². The minimum absolute atomic E-state index is 0.0103. The van der Waals surface area contributed by atoms with Crippen LogP contribution in [0, 0.1) is 17.8 Å². The van der Waals surface area contributed by atoms with E-state index in [1.165, 1.54) is 6.08 Å². The predicted molar refractivity (Wildman–Crippen MR) is 202 cm³/mol. The van der Waals surface area contributed by atoms with Crippen molar-refractivity contribution in [2.45, 2.75) is 143 Å². The molecule has 0 radical (unpaired) electrons. The summed E-state index contributed by atoms with van der Waals surface area (Å²) in [5, 5.41) is 51.4. The van der Waals surface area contributed by atoms with E-state index >= 15 is 0 Å². The van der Waals surface area contributed by atoms with Crippen molar-refractivity contribution in [2.75, 3.05) is 0 Å². The zero-order valence-corrected chi connectivity index (χ0v) is 31.9. The number of nitrogens with zero attached hydrogens (tertiary/aromatic N) is 3. The lowest BCUT2D eigenvalue weighted by molar-refractivity contribution is -0.152. The van der Waals surface area contributed by atoms with Gasteiger partial charge in [0.2, 0.25) is 0 Å². The first-order valence-corrected chi connectivity index (χ1v) is 18.6. The van der Waals surface area contributed by atoms with Gasteiger partial charge in [0.05, 0.1) is 17.9 Å². The number of hydrogen-bond acceptors (Lipinski definition) is 8. The summed E-state index contributed by atoms with van der Waals surface area (Å²) in [4.78, 5) is 23.9. The van der Waals surface area contributed by atoms with Gasteiger partial charge in [-0.3, -0.25) is 9.48 Å². The molecule has 2 rings (SSSR count). The molecule has 0 spiro atoms. The van der Waals surface area contributed by atoms with Crippen molar-refractivity contribution >= 4 is 11.9 Å². The summed E-state index contributed by atoms with van der Waals surface area (Å²) < 4.78 is 7.85. The predicted octanol–water partition coefficient (Wildman–Crippen LogP) is 7.23. The van der Waals surface area contributed by atoms with Crippen LogP contribution in [0.4, 0.5) is 0 Å². The Morgan fingerprint density at radius 3 is 2.49 bits per heavy atom. The van der Waals surface area contributed by atoms with Crippen molar-refractivity contribution in [3.05, 3.63) is 83.3 Å². The molecule has 7 atom stereocenters. The van der Waals surface area contributed by atoms with E-state index in [9.17, 15) is 24.9 Å². The van der Waals surface area contributed by atoms with Crippen molar-refractivity contribution in [1.29, 1.82) is 0 Å². The summed E-state index contributed by atoms with van der Waals surface area (Å²) in [5.41, 5.74) is 1.73. The number of aryl methyl sites for hydroxylation is 1. The molecule has 1 aliphatic heterocycles. The van der Waals surface area contributed by atoms with Crippen LogP contribution in [-0.4, -0.2) is 71.3 Å². The molecule has 0 saturated carbocycles. The molecule has 0 saturated heterocycles. The maximum absolute atomic E-state index is 13.1. The number of carboxylic acid groups (broad SMARTS) is 1. The number of rotatable bonds is 17. The van der Waals surface area contributed by atoms with Crippen LogP contribution in [0.5, 0.6) is 0 Å². The molecule has 10 nitrogen and oxygen atoms in total. The number of carboxylic acids is 1. The minimum Gasteiger partial charge on any atom is -0.478 e. The first kappa shape index (κ1) is 43.6. The third-order valence-electron chi connectivity index (χ3n) is 9.45. The van der Waals surface area contributed by atoms with Gasteiger partial charge in [0.1, 0.15) is 11.7 Å². The molecule has 51 heavy (non-hydrogen) atoms. The Kier molecular flexibility index (Phi) is 19.1. The second-order valence-corrected chi connectivity index (χ2v) is 14.5. The van der Waals surface area contributed by atoms with E-state index in [0.29, 0.717) is 32.2 Å². The normalized spacial score (nSPS) is 24.0. The highest BCUT2D eigenvalue weighted by molar-refractivity contribution is 5.80. The van der Waals surface area contributed by atoms with E-state index in [0.717, 1.165) is 54.2 Å². The molecule has 1 aromatic rings. The van der Waals surface area contributed by atoms with Gasteiger partial charge in [-0.15, -0.1) is 5.10 Å². The molecular weight excluding hydrogens is 646 g/mol. The van der Waals surface area contributed by atoms with Gasteiger partial charge in [-0.25, -0.2) is 4.79 Å². The second-order valence-electron chi connectivity index (χ2n) is 14.5. The van der Waals surface area contributed by atoms with Crippen molar-refractivity contribution in [1.82, 2.24) is 15.0 Å². The quantitative estimate of drug-likeness (QED) is 0.0431. The topological polar surface area (TPSA) is 155 Å². The monoisotopic (exact) mass is 709 g/mol. The van der Waals surface area contributed by atoms with Gasteiger partial charge in [0.25, 0.3) is 0 Å². The molecule has 0 aliphatic carbocycles. The van der Waals surface area contributed by atoms with Gasteiger partial charge in [-0.1, -0.05) is 98.1 Å². The summed E-state index contributed by atoms with van der Waals surface area (Å²) in [5.74, 6) is -1.74. The van der Waals surface area contributed by atoms with E-state index in [1.54, 1.807) is 13.0 Å². The number of allylic oxidation sites excluding steroid dienone is 9. The first-order valence-electron chi connectivity index (χ1n) is 18.6. The highest BCUT2D eigenvalue weighted by Gasteiger charge is 2.44. The molecule has 10 heteroatoms. The van der Waals surface area contributed by atoms with Crippen LogP contribution < -0.4 is 0 Å². The average molecular weight is 710 g/mol. The Labute approximate surface area is 305 Å². The Balaban J connectivity index is 2.26. The number of cyclic esters (lactones) is 1. The van der Waals surface area contributed by atoms with Crippen LogP contribution in [0.3, 0.4) is 0 Å². The number of carbonyl (C=O) groups excluding carboxylic acids is 1. The number of esters is 1. The fourth-order valence-electron chi connectivity index (χ4n) is 6.66. The second kappa shape index (κ2) is 22.4. The summed E-state index contributed by atoms with van der Waals surface area (Å²) in [6.45, 7) is 14.0. The van der Waals surface area contributed by atoms with Gasteiger partial charge in [-0.05, 0) is 77.7 Å². The zero-order valence-electron chi connectivity index (χ0n) is 31.9. The molecule has 0 aromatic carbocycles. The minimum atomic E-state index is -1.67. The van der Waals surface area contributed by atoms with Crippen LogP contribution in [0.25, 0.3) is 0 Å². The maximum atomic E-state index is 13.1. The highest BCUT2D eigenvalue weighted by atomic mass is 16.5. The molecule has 0 bridgehead atoms. The van der Waals surface area contributed by atoms with Crippen LogP contribution >= 0.6 is 0 Å². The third-order valence-corrected chi connectivity index (χ3v) is 9.45. The number of aliphatic hydroxyl groups excluding tert-OH is 2. The summed E-state index contributed by atoms with van der Waals surface area (Å²) in [6, 6.07) is 0. The van der Waals surface area contributed by atoms with Gasteiger partial charge >= 0.3 is 11.9 Å². The molecule has 2 heterocycles. The fourth-order valence-corrected chi connectivity index (χ4v) is 6.66. The van der Waals surface area contributed by atoms with Crippen molar-refractivity contribution in [3.63, 3.8) is 0 Å². The lowest BCUT2D eigenvalue weighted by Crippen LogP contribution is -2.51. The summed E-state index contributed by atoms with van der Waals surface area (Å²) >= 11 is 0. The molecule has 0 amide bonds. The number of hydrogen-bond donors (Lipinski definition) is 4. The van der Waals surface area contributed by atoms with E-state index in [1.807, 2.05) is 62.0 Å². The molecule has 0 fully saturated rings. The molecule has 4 N–H and O–H groups in total. The van der Waals surface area contributed by atoms with E-state index in [-0.39, 0.29) is 36.8 Å². The van der Waals surface area contributed by atoms with Gasteiger partial charge in [0, 0.05) is 44.0 Å². The molecule has 1 aliphatic rings. The van der Waals surface area contributed by atoms with E-state index < -0.39 is 29.7 Å². The smallest absolute Gasteiger partial charge is 0.328 e. The van der Waals surface area contributed by atoms with Gasteiger partial charge in [-0.2, -0.15) is 0 Å². The molecular formula is C41H63N3O7. The Bertz CT molecular complexity index is 1420. The number of unbranched alkanes of at least 4 members (excludes halogenated alkanes) is 2. The molecule has 1 unspecified atom stereocenters. The van der Waals surface area contributed by atoms with Crippen LogP contribution in [0.1, 0.15) is 112 Å². The summed E-state index contributed by atoms with van der Waals surface area (Å²) in [6.07, 6.45) is 22.1. The SMILES string of the molecule is CCCCCc1cn(C[C@H](C)C2C/C=C/C[C@H](C)[C@@H]([C@](O)(/C=C(C)/C=C/C=C(C)/C=C(C)/C=C/C(=O)O)[C@H](O)C[C@H](C)O)CCCC(=O)O2)nn1. The molecule has 1 aromatic heterocycles. The Morgan fingerprint density at radius 2 is 1.80 bits per heavy atom. The Morgan fingerprint density at radius 1 is 1.08 bits per heavy atom. The lowest BCUT2D eigenvalue weighted by Gasteiger charge is -2.42. The largest absolute Gasteiger partial charge is 0.478 e. The third kappa shape index (κ3) is 16.1. The summed E-state index contributed by atoms with van der Waals surface area (Å²) in [7, 11) is 0. The van der Waals surface area contributed by atoms with Crippen LogP contribution in [0.15, 0.2) is 77.6 Å². The Hall–Kier alpha value is -3.60. The fraction of sp³-hybridized carbons (Fsp3) is 0.610. The maximum Gasteiger partial charge on any atom is 0.328 e. The number of carbonyl (C=O) groups is 2. The standard InChI is InChI=1S/C41H63N3O7/c1-8-9-10-18-35-28-44(43-42-35)27-33(6)37-20-12-11-17-32(5)36(19-14-21-40(49)51-37)41(50,38(46)25-34(7)45)26-31(4)16-13-15-29(2)24-30(3)22-23-39(47)48/h11-13,15-16,22-24,26,28,32-34,36-38,45-46,50H,8-10,14,17-21,25,27H2,1-7H3,(H,47,48)/b12-11+,16-13+,23-22+,29-15+,30-24+,31-26+/t32-,33-,34-,36-,37?,38+,41+/m0/s1. The molecule has 284 valence electrons. The highest BCUT2D eigenvalue weighted by Crippen LogP contribution is 2.38. The van der Waals surface area contributed by atoms with Gasteiger partial charge in [0.15, 0.2) is 0 Å². The average Bonchev–Trinajstić information content (AvgIpc) is 3.49. The number of ether oxygens (including phenoxy) is 1. The van der Waals surface area contributed by atoms with Crippen LogP contribution in [0.2, 0.25) is 0 Å². The number of aliphatic hydroxyl groups is 3. The van der Waals surface area contributed by atoms with Gasteiger partial charge < -0.3 is 25.2 Å². The number of aliphatic carboxylic acids is 1. The first-order chi connectivity index (χ1) is 24.1. The van der Waals surface area contributed by atoms with Crippen molar-refractivity contribution in [3.8, 4) is 0 Å². The van der Waals surface area contributed by atoms with E-state index in [2.05, 4.69) is 37.2 Å². The zero-order chi connectivity index (χ0) is 38.0. The van der Waals surface area contributed by atoms with Crippen molar-refractivity contribution in [2.24, 2.45) is 17.8 Å². The number of aromatic nitrogens is 3. The van der Waals surface area contributed by atoms with Crippen molar-refractivity contribution < 1.29 is 34.8 Å².